The molecule has 0 radical (unpaired) electrons. The van der Waals surface area contributed by atoms with Crippen LogP contribution in [0.1, 0.15) is 30.0 Å². The molecule has 3 atom stereocenters. The lowest BCUT2D eigenvalue weighted by Gasteiger charge is -2.21. The van der Waals surface area contributed by atoms with E-state index in [9.17, 15) is 0 Å². The van der Waals surface area contributed by atoms with Crippen molar-refractivity contribution in [3.8, 4) is 17.7 Å². The molecule has 0 spiro atoms. The van der Waals surface area contributed by atoms with Crippen LogP contribution in [0.4, 0.5) is 0 Å². The summed E-state index contributed by atoms with van der Waals surface area (Å²) in [7, 11) is 0. The van der Waals surface area contributed by atoms with E-state index >= 15 is 0 Å². The standard InChI is InChI=1S/C18H18ClN3OS/c19-16-8-2-1-5-13(16)7-4-10-23-18-17(20-24-21-18)15-12-22-9-3-6-14(15)11-22/h1-2,5,8,14-15H,3,6,9-12H2. The van der Waals surface area contributed by atoms with E-state index in [4.69, 9.17) is 16.3 Å². The van der Waals surface area contributed by atoms with Gasteiger partial charge in [0, 0.05) is 24.6 Å². The molecule has 24 heavy (non-hydrogen) atoms. The van der Waals surface area contributed by atoms with Gasteiger partial charge in [-0.3, -0.25) is 0 Å². The Hall–Kier alpha value is -1.61. The maximum Gasteiger partial charge on any atom is 0.250 e. The van der Waals surface area contributed by atoms with Crippen molar-refractivity contribution in [3.63, 3.8) is 0 Å². The monoisotopic (exact) mass is 359 g/mol. The number of halogens is 1. The second-order valence-electron chi connectivity index (χ2n) is 6.29. The summed E-state index contributed by atoms with van der Waals surface area (Å²) in [5, 5.41) is 0.660. The van der Waals surface area contributed by atoms with Crippen LogP contribution < -0.4 is 4.74 Å². The Balaban J connectivity index is 1.42. The van der Waals surface area contributed by atoms with Crippen LogP contribution in [0.15, 0.2) is 24.3 Å². The summed E-state index contributed by atoms with van der Waals surface area (Å²) < 4.78 is 14.7. The normalized spacial score (nSPS) is 25.1. The third kappa shape index (κ3) is 3.27. The first-order valence-corrected chi connectivity index (χ1v) is 9.33. The average Bonchev–Trinajstić information content (AvgIpc) is 3.17. The number of piperidine rings is 1. The van der Waals surface area contributed by atoms with Crippen LogP contribution in [0.25, 0.3) is 0 Å². The summed E-state index contributed by atoms with van der Waals surface area (Å²) in [4.78, 5) is 2.53. The summed E-state index contributed by atoms with van der Waals surface area (Å²) in [6, 6.07) is 7.55. The van der Waals surface area contributed by atoms with Crippen molar-refractivity contribution < 1.29 is 4.74 Å². The maximum atomic E-state index is 6.10. The molecular formula is C18H18ClN3OS. The van der Waals surface area contributed by atoms with E-state index in [1.807, 2.05) is 24.3 Å². The highest BCUT2D eigenvalue weighted by atomic mass is 35.5. The Morgan fingerprint density at radius 3 is 3.08 bits per heavy atom. The quantitative estimate of drug-likeness (QED) is 0.787. The van der Waals surface area contributed by atoms with Crippen molar-refractivity contribution in [1.82, 2.24) is 13.6 Å². The highest BCUT2D eigenvalue weighted by molar-refractivity contribution is 6.99. The molecule has 124 valence electrons. The molecule has 0 N–H and O–H groups in total. The molecule has 0 saturated carbocycles. The van der Waals surface area contributed by atoms with Crippen LogP contribution in [0, 0.1) is 17.8 Å². The number of fused-ring (bicyclic) bond motifs is 2. The highest BCUT2D eigenvalue weighted by Gasteiger charge is 2.39. The van der Waals surface area contributed by atoms with Crippen molar-refractivity contribution in [1.29, 1.82) is 0 Å². The molecule has 3 heterocycles. The van der Waals surface area contributed by atoms with E-state index in [1.165, 1.54) is 37.7 Å². The maximum absolute atomic E-state index is 6.10. The van der Waals surface area contributed by atoms with Gasteiger partial charge < -0.3 is 9.64 Å². The summed E-state index contributed by atoms with van der Waals surface area (Å²) in [5.74, 6) is 7.87. The third-order valence-corrected chi connectivity index (χ3v) is 5.63. The van der Waals surface area contributed by atoms with Gasteiger partial charge in [0.15, 0.2) is 6.61 Å². The van der Waals surface area contributed by atoms with Gasteiger partial charge in [-0.25, -0.2) is 0 Å². The van der Waals surface area contributed by atoms with Crippen molar-refractivity contribution in [2.45, 2.75) is 18.8 Å². The van der Waals surface area contributed by atoms with Gasteiger partial charge in [-0.1, -0.05) is 35.6 Å². The number of aromatic nitrogens is 2. The first-order valence-electron chi connectivity index (χ1n) is 8.22. The zero-order valence-electron chi connectivity index (χ0n) is 13.2. The lowest BCUT2D eigenvalue weighted by Crippen LogP contribution is -2.25. The minimum Gasteiger partial charge on any atom is -0.463 e. The number of benzene rings is 1. The van der Waals surface area contributed by atoms with Gasteiger partial charge in [0.05, 0.1) is 16.8 Å². The predicted molar refractivity (Wildman–Crippen MR) is 95.6 cm³/mol. The molecule has 1 aromatic carbocycles. The molecule has 2 bridgehead atoms. The Morgan fingerprint density at radius 1 is 1.29 bits per heavy atom. The van der Waals surface area contributed by atoms with Crippen molar-refractivity contribution in [2.24, 2.45) is 5.92 Å². The van der Waals surface area contributed by atoms with Gasteiger partial charge in [-0.05, 0) is 37.4 Å². The molecule has 2 aliphatic rings. The lowest BCUT2D eigenvalue weighted by molar-refractivity contribution is 0.269. The van der Waals surface area contributed by atoms with Gasteiger partial charge in [0.1, 0.15) is 5.69 Å². The zero-order chi connectivity index (χ0) is 16.4. The third-order valence-electron chi connectivity index (χ3n) is 4.78. The summed E-state index contributed by atoms with van der Waals surface area (Å²) in [6.45, 7) is 3.78. The molecule has 4 rings (SSSR count). The van der Waals surface area contributed by atoms with E-state index in [1.54, 1.807) is 0 Å². The van der Waals surface area contributed by atoms with Crippen molar-refractivity contribution in [3.05, 3.63) is 40.5 Å². The summed E-state index contributed by atoms with van der Waals surface area (Å²) >= 11 is 7.33. The fourth-order valence-corrected chi connectivity index (χ4v) is 4.38. The van der Waals surface area contributed by atoms with E-state index in [-0.39, 0.29) is 0 Å². The van der Waals surface area contributed by atoms with Gasteiger partial charge in [-0.2, -0.15) is 4.37 Å². The Kier molecular flexibility index (Phi) is 4.70. The number of hydrogen-bond donors (Lipinski definition) is 0. The predicted octanol–water partition coefficient (Wildman–Crippen LogP) is 3.43. The summed E-state index contributed by atoms with van der Waals surface area (Å²) in [6.07, 6.45) is 2.57. The molecule has 2 fully saturated rings. The molecule has 3 unspecified atom stereocenters. The Labute approximate surface area is 151 Å². The molecule has 6 heteroatoms. The largest absolute Gasteiger partial charge is 0.463 e. The van der Waals surface area contributed by atoms with E-state index in [0.29, 0.717) is 29.3 Å². The van der Waals surface area contributed by atoms with Crippen molar-refractivity contribution >= 4 is 23.3 Å². The zero-order valence-corrected chi connectivity index (χ0v) is 14.8. The van der Waals surface area contributed by atoms with Crippen LogP contribution in [0.3, 0.4) is 0 Å². The van der Waals surface area contributed by atoms with Gasteiger partial charge in [0.25, 0.3) is 0 Å². The SMILES string of the molecule is Clc1ccccc1C#CCOc1nsnc1C1CN2CCCC1C2. The van der Waals surface area contributed by atoms with Gasteiger partial charge >= 0.3 is 0 Å². The second kappa shape index (κ2) is 7.10. The average molecular weight is 360 g/mol. The number of rotatable bonds is 3. The molecule has 2 aliphatic heterocycles. The number of hydrogen-bond acceptors (Lipinski definition) is 5. The number of ether oxygens (including phenoxy) is 1. The van der Waals surface area contributed by atoms with Gasteiger partial charge in [-0.15, -0.1) is 4.37 Å². The first kappa shape index (κ1) is 15.9. The molecule has 0 aliphatic carbocycles. The fourth-order valence-electron chi connectivity index (χ4n) is 3.63. The first-order chi connectivity index (χ1) is 11.8. The van der Waals surface area contributed by atoms with Crippen molar-refractivity contribution in [2.75, 3.05) is 26.2 Å². The smallest absolute Gasteiger partial charge is 0.250 e. The second-order valence-corrected chi connectivity index (χ2v) is 7.23. The minimum absolute atomic E-state index is 0.296. The molecule has 1 aromatic heterocycles. The van der Waals surface area contributed by atoms with Gasteiger partial charge in [0.2, 0.25) is 5.88 Å². The van der Waals surface area contributed by atoms with Crippen LogP contribution in [0.5, 0.6) is 5.88 Å². The van der Waals surface area contributed by atoms with E-state index in [0.717, 1.165) is 17.8 Å². The molecular weight excluding hydrogens is 342 g/mol. The van der Waals surface area contributed by atoms with E-state index < -0.39 is 0 Å². The fraction of sp³-hybridized carbons (Fsp3) is 0.444. The molecule has 2 saturated heterocycles. The molecule has 4 nitrogen and oxygen atoms in total. The number of nitrogens with zero attached hydrogens (tertiary/aromatic N) is 3. The highest BCUT2D eigenvalue weighted by Crippen LogP contribution is 2.40. The Morgan fingerprint density at radius 2 is 2.21 bits per heavy atom. The minimum atomic E-state index is 0.296. The van der Waals surface area contributed by atoms with Crippen LogP contribution in [-0.2, 0) is 0 Å². The molecule has 2 aromatic rings. The lowest BCUT2D eigenvalue weighted by atomic mass is 9.89. The molecule has 0 amide bonds. The Bertz CT molecular complexity index is 782. The summed E-state index contributed by atoms with van der Waals surface area (Å²) in [5.41, 5.74) is 1.84. The van der Waals surface area contributed by atoms with Crippen LogP contribution >= 0.6 is 23.3 Å². The van der Waals surface area contributed by atoms with Crippen LogP contribution in [-0.4, -0.2) is 39.9 Å². The topological polar surface area (TPSA) is 38.3 Å². The van der Waals surface area contributed by atoms with Crippen LogP contribution in [0.2, 0.25) is 5.02 Å². The van der Waals surface area contributed by atoms with E-state index in [2.05, 4.69) is 25.5 Å².